The summed E-state index contributed by atoms with van der Waals surface area (Å²) < 4.78 is 25.7. The maximum Gasteiger partial charge on any atom is 0.332 e. The zero-order chi connectivity index (χ0) is 45.8. The van der Waals surface area contributed by atoms with Gasteiger partial charge in [-0.1, -0.05) is 112 Å². The first kappa shape index (κ1) is 47.0. The van der Waals surface area contributed by atoms with Gasteiger partial charge in [0.15, 0.2) is 24.3 Å². The number of ether oxygens (including phenoxy) is 4. The Balaban J connectivity index is 0.830. The summed E-state index contributed by atoms with van der Waals surface area (Å²) in [6, 6.07) is 0. The van der Waals surface area contributed by atoms with Crippen LogP contribution in [0.25, 0.3) is 0 Å². The Kier molecular flexibility index (Phi) is 12.3. The molecule has 6 saturated carbocycles. The van der Waals surface area contributed by atoms with Crippen LogP contribution in [0.5, 0.6) is 0 Å². The average Bonchev–Trinajstić information content (AvgIpc) is 3.86. The monoisotopic (exact) mass is 885 g/mol. The van der Waals surface area contributed by atoms with E-state index in [-0.39, 0.29) is 41.5 Å². The van der Waals surface area contributed by atoms with Crippen LogP contribution in [0, 0.1) is 80.3 Å². The molecule has 8 heteroatoms. The zero-order valence-corrected chi connectivity index (χ0v) is 41.3. The van der Waals surface area contributed by atoms with E-state index in [1.165, 1.54) is 50.5 Å². The van der Waals surface area contributed by atoms with Gasteiger partial charge >= 0.3 is 5.97 Å². The van der Waals surface area contributed by atoms with Gasteiger partial charge < -0.3 is 24.1 Å². The van der Waals surface area contributed by atoms with Gasteiger partial charge in [-0.2, -0.15) is 0 Å². The number of esters is 1. The highest BCUT2D eigenvalue weighted by Crippen LogP contribution is 2.75. The zero-order valence-electron chi connectivity index (χ0n) is 41.3. The van der Waals surface area contributed by atoms with Crippen LogP contribution in [-0.2, 0) is 33.3 Å². The third-order valence-corrected chi connectivity index (χ3v) is 21.9. The van der Waals surface area contributed by atoms with E-state index in [0.29, 0.717) is 24.7 Å². The van der Waals surface area contributed by atoms with Crippen molar-refractivity contribution in [1.82, 2.24) is 0 Å². The summed E-state index contributed by atoms with van der Waals surface area (Å²) in [4.78, 5) is 40.8. The third kappa shape index (κ3) is 7.02. The van der Waals surface area contributed by atoms with Crippen LogP contribution in [-0.4, -0.2) is 66.1 Å². The predicted octanol–water partition coefficient (Wildman–Crippen LogP) is 11.3. The van der Waals surface area contributed by atoms with E-state index in [1.54, 1.807) is 12.2 Å². The molecule has 8 nitrogen and oxygen atoms in total. The number of rotatable bonds is 13. The Bertz CT molecular complexity index is 1930. The molecule has 7 fully saturated rings. The van der Waals surface area contributed by atoms with E-state index in [0.717, 1.165) is 85.5 Å². The van der Waals surface area contributed by atoms with Crippen molar-refractivity contribution in [3.05, 3.63) is 35.5 Å². The molecule has 1 N–H and O–H groups in total. The lowest BCUT2D eigenvalue weighted by Crippen LogP contribution is -2.66. The van der Waals surface area contributed by atoms with Crippen LogP contribution in [0.15, 0.2) is 35.5 Å². The van der Waals surface area contributed by atoms with Crippen LogP contribution in [0.2, 0.25) is 0 Å². The topological polar surface area (TPSA) is 108 Å². The number of Topliss-reactive ketones (excluding diaryl/α,β-unsaturated/α-hetero) is 1. The minimum absolute atomic E-state index is 0.00776. The largest absolute Gasteiger partial charge is 0.456 e. The molecule has 356 valence electrons. The molecule has 0 spiro atoms. The van der Waals surface area contributed by atoms with Gasteiger partial charge in [0.2, 0.25) is 5.78 Å². The maximum atomic E-state index is 14.9. The number of carbonyl (C=O) groups excluding carboxylic acids is 3. The Labute approximate surface area is 385 Å². The van der Waals surface area contributed by atoms with Crippen molar-refractivity contribution < 1.29 is 38.4 Å². The molecule has 18 atom stereocenters. The van der Waals surface area contributed by atoms with E-state index in [9.17, 15) is 19.5 Å². The number of carbonyl (C=O) groups is 3. The molecule has 0 aromatic carbocycles. The van der Waals surface area contributed by atoms with E-state index in [2.05, 4.69) is 75.3 Å². The molecule has 1 unspecified atom stereocenters. The van der Waals surface area contributed by atoms with Crippen molar-refractivity contribution in [2.75, 3.05) is 13.2 Å². The molecule has 9 aliphatic rings. The fourth-order valence-corrected chi connectivity index (χ4v) is 17.7. The van der Waals surface area contributed by atoms with Gasteiger partial charge in [0.25, 0.3) is 0 Å². The molecular weight excluding hydrogens is 801 g/mol. The van der Waals surface area contributed by atoms with Crippen LogP contribution in [0.1, 0.15) is 172 Å². The smallest absolute Gasteiger partial charge is 0.332 e. The second-order valence-corrected chi connectivity index (χ2v) is 24.8. The molecule has 64 heavy (non-hydrogen) atoms. The van der Waals surface area contributed by atoms with Crippen molar-refractivity contribution >= 4 is 17.5 Å². The number of hydrogen-bond acceptors (Lipinski definition) is 8. The number of hydrogen-bond donors (Lipinski definition) is 1. The summed E-state index contributed by atoms with van der Waals surface area (Å²) in [5.74, 6) is 4.68. The van der Waals surface area contributed by atoms with E-state index in [4.69, 9.17) is 18.9 Å². The summed E-state index contributed by atoms with van der Waals surface area (Å²) in [5.41, 5.74) is 0.306. The molecule has 8 aliphatic carbocycles. The average molecular weight is 885 g/mol. The summed E-state index contributed by atoms with van der Waals surface area (Å²) >= 11 is 0. The molecule has 0 amide bonds. The molecule has 1 heterocycles. The van der Waals surface area contributed by atoms with Crippen molar-refractivity contribution in [2.45, 2.75) is 202 Å². The first-order chi connectivity index (χ1) is 30.3. The van der Waals surface area contributed by atoms with Crippen molar-refractivity contribution in [2.24, 2.45) is 80.3 Å². The first-order valence-electron chi connectivity index (χ1n) is 26.2. The summed E-state index contributed by atoms with van der Waals surface area (Å²) in [5, 5.41) is 12.2. The standard InChI is InChI=1S/C56H84O8/c1-11-12-49-63-47-30-54(9)44-18-16-36-27-38(57)21-24-52(36,7)50(44)45(58)29-55(54,10)56(47,64-49)46(59)31-62-48(60)32-61-39-22-25-51(6)37(28-39)15-17-40-42-20-19-41(53(42,8)26-23-43(40)51)35(5)14-13-34(4)33(2)3/h15,21,24,27,33-35,39-45,47,49-50,58H,11-14,16-20,22-23,25-26,28-32H2,1-10H3/t34-,35-,39+,40+,41-,42+,43+,44-,45+,47?,49+,50-,51+,52+,53-,54+,55+,56-/m1/s1. The highest BCUT2D eigenvalue weighted by Gasteiger charge is 2.80. The molecule has 1 saturated heterocycles. The Morgan fingerprint density at radius 1 is 0.906 bits per heavy atom. The van der Waals surface area contributed by atoms with Crippen LogP contribution in [0.3, 0.4) is 0 Å². The quantitative estimate of drug-likeness (QED) is 0.144. The first-order valence-corrected chi connectivity index (χ1v) is 26.2. The van der Waals surface area contributed by atoms with Gasteiger partial charge in [0, 0.05) is 16.7 Å². The lowest BCUT2D eigenvalue weighted by Gasteiger charge is -2.64. The maximum absolute atomic E-state index is 14.9. The van der Waals surface area contributed by atoms with Gasteiger partial charge in [-0.05, 0) is 159 Å². The third-order valence-electron chi connectivity index (χ3n) is 21.9. The number of fused-ring (bicyclic) bond motifs is 12. The van der Waals surface area contributed by atoms with Crippen LogP contribution >= 0.6 is 0 Å². The van der Waals surface area contributed by atoms with Crippen LogP contribution in [0.4, 0.5) is 0 Å². The van der Waals surface area contributed by atoms with Crippen molar-refractivity contribution in [1.29, 1.82) is 0 Å². The van der Waals surface area contributed by atoms with Gasteiger partial charge in [-0.15, -0.1) is 0 Å². The number of allylic oxidation sites excluding steroid dienone is 5. The molecular formula is C56H84O8. The Morgan fingerprint density at radius 3 is 2.44 bits per heavy atom. The van der Waals surface area contributed by atoms with Crippen molar-refractivity contribution in [3.8, 4) is 0 Å². The van der Waals surface area contributed by atoms with Gasteiger partial charge in [-0.25, -0.2) is 4.79 Å². The predicted molar refractivity (Wildman–Crippen MR) is 249 cm³/mol. The highest BCUT2D eigenvalue weighted by atomic mass is 16.7. The number of aliphatic hydroxyl groups excluding tert-OH is 1. The van der Waals surface area contributed by atoms with E-state index < -0.39 is 52.9 Å². The van der Waals surface area contributed by atoms with Gasteiger partial charge in [0.1, 0.15) is 6.61 Å². The van der Waals surface area contributed by atoms with Gasteiger partial charge in [0.05, 0.1) is 18.3 Å². The Hall–Kier alpha value is -2.13. The second kappa shape index (κ2) is 16.8. The summed E-state index contributed by atoms with van der Waals surface area (Å²) in [6.45, 7) is 23.0. The minimum Gasteiger partial charge on any atom is -0.456 e. The summed E-state index contributed by atoms with van der Waals surface area (Å²) in [6.07, 6.45) is 22.5. The summed E-state index contributed by atoms with van der Waals surface area (Å²) in [7, 11) is 0. The van der Waals surface area contributed by atoms with E-state index >= 15 is 0 Å². The molecule has 0 aromatic heterocycles. The van der Waals surface area contributed by atoms with E-state index in [1.807, 2.05) is 6.08 Å². The Morgan fingerprint density at radius 2 is 1.69 bits per heavy atom. The minimum atomic E-state index is -1.36. The second-order valence-electron chi connectivity index (χ2n) is 24.8. The lowest BCUT2D eigenvalue weighted by atomic mass is 9.41. The molecule has 0 aromatic rings. The highest BCUT2D eigenvalue weighted by molar-refractivity contribution is 6.01. The molecule has 0 radical (unpaired) electrons. The normalized spacial score (nSPS) is 47.5. The molecule has 0 bridgehead atoms. The van der Waals surface area contributed by atoms with Crippen molar-refractivity contribution in [3.63, 3.8) is 0 Å². The number of aliphatic hydroxyl groups is 1. The fraction of sp³-hybridized carbons (Fsp3) is 0.839. The lowest BCUT2D eigenvalue weighted by molar-refractivity contribution is -0.225. The fourth-order valence-electron chi connectivity index (χ4n) is 17.7. The number of ketones is 2. The molecule has 9 rings (SSSR count). The SMILES string of the molecule is CCC[C@H]1OC2C[C@@]3(C)[C@@H]4CCC5=CC(=O)C=C[C@]5(C)[C@H]4[C@@H](O)C[C@]3(C)[C@]2(C(=O)COC(=O)CO[C@H]2CC[C@@]3(C)C(=CC[C@H]4[C@@H]5CC[C@H]([C@H](C)CC[C@@H](C)C(C)C)[C@@]5(C)CC[C@@H]43)C2)O1. The van der Waals surface area contributed by atoms with Crippen LogP contribution < -0.4 is 0 Å². The molecule has 1 aliphatic heterocycles. The van der Waals surface area contributed by atoms with Gasteiger partial charge in [-0.3, -0.25) is 9.59 Å².